The Morgan fingerprint density at radius 3 is 1.57 bits per heavy atom. The van der Waals surface area contributed by atoms with E-state index in [2.05, 4.69) is 26.0 Å². The highest BCUT2D eigenvalue weighted by Crippen LogP contribution is 2.21. The van der Waals surface area contributed by atoms with Crippen LogP contribution in [0.2, 0.25) is 0 Å². The van der Waals surface area contributed by atoms with E-state index >= 15 is 0 Å². The van der Waals surface area contributed by atoms with Crippen molar-refractivity contribution in [1.29, 1.82) is 0 Å². The first-order chi connectivity index (χ1) is 11.2. The molecule has 0 heterocycles. The van der Waals surface area contributed by atoms with Crippen LogP contribution < -0.4 is 10.5 Å². The molecule has 118 valence electrons. The summed E-state index contributed by atoms with van der Waals surface area (Å²) in [6.45, 7) is 4.70. The zero-order valence-corrected chi connectivity index (χ0v) is 13.7. The first kappa shape index (κ1) is 16.8. The summed E-state index contributed by atoms with van der Waals surface area (Å²) in [5.41, 5.74) is 9.19. The molecule has 3 rings (SSSR count). The molecular formula is C21H23NO. The molecule has 0 bridgehead atoms. The van der Waals surface area contributed by atoms with Gasteiger partial charge in [-0.05, 0) is 43.7 Å². The zero-order valence-electron chi connectivity index (χ0n) is 13.7. The van der Waals surface area contributed by atoms with Crippen molar-refractivity contribution in [2.75, 3.05) is 0 Å². The van der Waals surface area contributed by atoms with Gasteiger partial charge in [-0.25, -0.2) is 0 Å². The lowest BCUT2D eigenvalue weighted by atomic mass is 10.2. The van der Waals surface area contributed by atoms with Crippen LogP contribution in [0.25, 0.3) is 0 Å². The summed E-state index contributed by atoms with van der Waals surface area (Å²) in [7, 11) is 0. The monoisotopic (exact) mass is 305 g/mol. The summed E-state index contributed by atoms with van der Waals surface area (Å²) >= 11 is 0. The van der Waals surface area contributed by atoms with Crippen LogP contribution in [0.1, 0.15) is 16.7 Å². The number of nitrogens with two attached hydrogens (primary N) is 1. The van der Waals surface area contributed by atoms with Crippen LogP contribution in [0.15, 0.2) is 78.9 Å². The molecule has 0 aliphatic heterocycles. The first-order valence-corrected chi connectivity index (χ1v) is 7.72. The SMILES string of the molecule is Cc1ccc(Oc2ccc(CN)cc2)cc1.Cc1ccccc1. The van der Waals surface area contributed by atoms with E-state index in [-0.39, 0.29) is 0 Å². The normalized spacial score (nSPS) is 9.70. The lowest BCUT2D eigenvalue weighted by Crippen LogP contribution is -1.95. The smallest absolute Gasteiger partial charge is 0.127 e. The predicted molar refractivity (Wildman–Crippen MR) is 96.8 cm³/mol. The van der Waals surface area contributed by atoms with Crippen molar-refractivity contribution in [2.45, 2.75) is 20.4 Å². The van der Waals surface area contributed by atoms with Gasteiger partial charge < -0.3 is 10.5 Å². The maximum absolute atomic E-state index is 5.69. The quantitative estimate of drug-likeness (QED) is 0.718. The van der Waals surface area contributed by atoms with Crippen LogP contribution in [-0.4, -0.2) is 0 Å². The molecule has 0 saturated heterocycles. The van der Waals surface area contributed by atoms with Gasteiger partial charge in [0.1, 0.15) is 11.5 Å². The topological polar surface area (TPSA) is 35.2 Å². The minimum absolute atomic E-state index is 0.560. The second-order valence-electron chi connectivity index (χ2n) is 5.42. The highest BCUT2D eigenvalue weighted by atomic mass is 16.5. The molecule has 2 heteroatoms. The van der Waals surface area contributed by atoms with Crippen molar-refractivity contribution in [3.05, 3.63) is 95.6 Å². The highest BCUT2D eigenvalue weighted by Gasteiger charge is 1.96. The number of hydrogen-bond donors (Lipinski definition) is 1. The Hall–Kier alpha value is -2.58. The van der Waals surface area contributed by atoms with Gasteiger partial charge in [0.2, 0.25) is 0 Å². The Morgan fingerprint density at radius 1 is 0.652 bits per heavy atom. The molecule has 2 N–H and O–H groups in total. The molecular weight excluding hydrogens is 282 g/mol. The van der Waals surface area contributed by atoms with Crippen LogP contribution in [0, 0.1) is 13.8 Å². The molecule has 3 aromatic rings. The Labute approximate surface area is 138 Å². The zero-order chi connectivity index (χ0) is 16.5. The summed E-state index contributed by atoms with van der Waals surface area (Å²) < 4.78 is 5.69. The lowest BCUT2D eigenvalue weighted by Gasteiger charge is -2.06. The van der Waals surface area contributed by atoms with Crippen LogP contribution in [0.5, 0.6) is 11.5 Å². The van der Waals surface area contributed by atoms with E-state index in [4.69, 9.17) is 10.5 Å². The maximum Gasteiger partial charge on any atom is 0.127 e. The second-order valence-corrected chi connectivity index (χ2v) is 5.42. The molecule has 0 aliphatic carbocycles. The van der Waals surface area contributed by atoms with Crippen molar-refractivity contribution in [3.63, 3.8) is 0 Å². The number of benzene rings is 3. The van der Waals surface area contributed by atoms with Gasteiger partial charge in [-0.1, -0.05) is 65.7 Å². The molecule has 2 nitrogen and oxygen atoms in total. The largest absolute Gasteiger partial charge is 0.457 e. The third-order valence-corrected chi connectivity index (χ3v) is 3.36. The van der Waals surface area contributed by atoms with E-state index in [1.54, 1.807) is 0 Å². The molecule has 3 aromatic carbocycles. The number of hydrogen-bond acceptors (Lipinski definition) is 2. The summed E-state index contributed by atoms with van der Waals surface area (Å²) in [6, 6.07) is 26.1. The van der Waals surface area contributed by atoms with Gasteiger partial charge in [0.15, 0.2) is 0 Å². The molecule has 23 heavy (non-hydrogen) atoms. The minimum atomic E-state index is 0.560. The number of aryl methyl sites for hydroxylation is 2. The van der Waals surface area contributed by atoms with Gasteiger partial charge in [-0.2, -0.15) is 0 Å². The molecule has 0 aromatic heterocycles. The van der Waals surface area contributed by atoms with Gasteiger partial charge in [0, 0.05) is 6.54 Å². The first-order valence-electron chi connectivity index (χ1n) is 7.72. The lowest BCUT2D eigenvalue weighted by molar-refractivity contribution is 0.482. The van der Waals surface area contributed by atoms with Crippen LogP contribution in [0.4, 0.5) is 0 Å². The molecule has 0 fully saturated rings. The van der Waals surface area contributed by atoms with Crippen LogP contribution in [-0.2, 0) is 6.54 Å². The summed E-state index contributed by atoms with van der Waals surface area (Å²) in [6.07, 6.45) is 0. The Morgan fingerprint density at radius 2 is 1.13 bits per heavy atom. The van der Waals surface area contributed by atoms with Crippen molar-refractivity contribution in [3.8, 4) is 11.5 Å². The number of ether oxygens (including phenoxy) is 1. The van der Waals surface area contributed by atoms with Crippen molar-refractivity contribution < 1.29 is 4.74 Å². The van der Waals surface area contributed by atoms with E-state index in [1.165, 1.54) is 11.1 Å². The fourth-order valence-electron chi connectivity index (χ4n) is 1.97. The summed E-state index contributed by atoms with van der Waals surface area (Å²) in [5.74, 6) is 1.69. The maximum atomic E-state index is 5.69. The van der Waals surface area contributed by atoms with E-state index < -0.39 is 0 Å². The van der Waals surface area contributed by atoms with E-state index in [9.17, 15) is 0 Å². The molecule has 0 atom stereocenters. The fourth-order valence-corrected chi connectivity index (χ4v) is 1.97. The van der Waals surface area contributed by atoms with E-state index in [1.807, 2.05) is 66.7 Å². The molecule has 0 amide bonds. The average molecular weight is 305 g/mol. The van der Waals surface area contributed by atoms with Gasteiger partial charge in [0.25, 0.3) is 0 Å². The molecule has 0 radical (unpaired) electrons. The predicted octanol–water partition coefficient (Wildman–Crippen LogP) is 5.24. The summed E-state index contributed by atoms with van der Waals surface area (Å²) in [5, 5.41) is 0. The van der Waals surface area contributed by atoms with Crippen molar-refractivity contribution in [1.82, 2.24) is 0 Å². The van der Waals surface area contributed by atoms with Crippen LogP contribution in [0.3, 0.4) is 0 Å². The van der Waals surface area contributed by atoms with Crippen LogP contribution >= 0.6 is 0 Å². The van der Waals surface area contributed by atoms with Crippen molar-refractivity contribution >= 4 is 0 Å². The van der Waals surface area contributed by atoms with Gasteiger partial charge in [0.05, 0.1) is 0 Å². The number of rotatable bonds is 3. The highest BCUT2D eigenvalue weighted by molar-refractivity contribution is 5.34. The third kappa shape index (κ3) is 5.97. The third-order valence-electron chi connectivity index (χ3n) is 3.36. The average Bonchev–Trinajstić information content (AvgIpc) is 2.59. The standard InChI is InChI=1S/C14H15NO.C7H8/c1-11-2-6-13(7-3-11)16-14-8-4-12(10-15)5-9-14;1-7-5-3-2-4-6-7/h2-9H,10,15H2,1H3;2-6H,1H3. The molecule has 0 spiro atoms. The second kappa shape index (κ2) is 8.76. The minimum Gasteiger partial charge on any atom is -0.457 e. The Bertz CT molecular complexity index is 688. The summed E-state index contributed by atoms with van der Waals surface area (Å²) in [4.78, 5) is 0. The van der Waals surface area contributed by atoms with Crippen molar-refractivity contribution in [2.24, 2.45) is 5.73 Å². The Kier molecular flexibility index (Phi) is 6.40. The molecule has 0 saturated carbocycles. The Balaban J connectivity index is 0.000000229. The van der Waals surface area contributed by atoms with Gasteiger partial charge in [-0.3, -0.25) is 0 Å². The van der Waals surface area contributed by atoms with Gasteiger partial charge in [-0.15, -0.1) is 0 Å². The fraction of sp³-hybridized carbons (Fsp3) is 0.143. The van der Waals surface area contributed by atoms with Gasteiger partial charge >= 0.3 is 0 Å². The van der Waals surface area contributed by atoms with E-state index in [0.717, 1.165) is 17.1 Å². The molecule has 0 unspecified atom stereocenters. The van der Waals surface area contributed by atoms with E-state index in [0.29, 0.717) is 6.54 Å². The molecule has 0 aliphatic rings.